The van der Waals surface area contributed by atoms with E-state index in [4.69, 9.17) is 4.55 Å². The molecule has 1 aromatic rings. The SMILES string of the molecule is C/C=C(/C)Sc1ccccc1NCCCS(=O)(=O)O. The van der Waals surface area contributed by atoms with Crippen LogP contribution < -0.4 is 5.32 Å². The van der Waals surface area contributed by atoms with E-state index in [1.54, 1.807) is 11.8 Å². The van der Waals surface area contributed by atoms with Crippen LogP contribution in [0.4, 0.5) is 5.69 Å². The van der Waals surface area contributed by atoms with Crippen molar-refractivity contribution in [2.75, 3.05) is 17.6 Å². The van der Waals surface area contributed by atoms with Crippen LogP contribution in [0, 0.1) is 0 Å². The van der Waals surface area contributed by atoms with Gasteiger partial charge < -0.3 is 5.32 Å². The van der Waals surface area contributed by atoms with Crippen molar-refractivity contribution in [2.24, 2.45) is 0 Å². The lowest BCUT2D eigenvalue weighted by atomic mass is 10.3. The fraction of sp³-hybridized carbons (Fsp3) is 0.385. The summed E-state index contributed by atoms with van der Waals surface area (Å²) in [7, 11) is -3.87. The Bertz CT molecular complexity index is 539. The maximum Gasteiger partial charge on any atom is 0.264 e. The topological polar surface area (TPSA) is 66.4 Å². The molecule has 4 nitrogen and oxygen atoms in total. The number of hydrogen-bond acceptors (Lipinski definition) is 4. The monoisotopic (exact) mass is 301 g/mol. The first-order chi connectivity index (χ1) is 8.92. The number of rotatable bonds is 7. The van der Waals surface area contributed by atoms with E-state index in [2.05, 4.69) is 5.32 Å². The van der Waals surface area contributed by atoms with E-state index >= 15 is 0 Å². The molecule has 0 saturated heterocycles. The summed E-state index contributed by atoms with van der Waals surface area (Å²) in [6.07, 6.45) is 2.42. The molecule has 2 N–H and O–H groups in total. The Kier molecular flexibility index (Phi) is 6.41. The summed E-state index contributed by atoms with van der Waals surface area (Å²) in [5.41, 5.74) is 0.976. The van der Waals surface area contributed by atoms with E-state index in [0.29, 0.717) is 13.0 Å². The highest BCUT2D eigenvalue weighted by atomic mass is 32.2. The molecule has 0 unspecified atom stereocenters. The van der Waals surface area contributed by atoms with Crippen molar-refractivity contribution in [2.45, 2.75) is 25.2 Å². The van der Waals surface area contributed by atoms with Gasteiger partial charge in [-0.3, -0.25) is 4.55 Å². The van der Waals surface area contributed by atoms with Crippen molar-refractivity contribution < 1.29 is 13.0 Å². The van der Waals surface area contributed by atoms with Crippen LogP contribution >= 0.6 is 11.8 Å². The first-order valence-corrected chi connectivity index (χ1v) is 8.44. The Labute approximate surface area is 119 Å². The number of hydrogen-bond donors (Lipinski definition) is 2. The Balaban J connectivity index is 2.58. The zero-order valence-electron chi connectivity index (χ0n) is 11.1. The van der Waals surface area contributed by atoms with Gasteiger partial charge in [0.1, 0.15) is 0 Å². The number of benzene rings is 1. The van der Waals surface area contributed by atoms with Gasteiger partial charge in [0.15, 0.2) is 0 Å². The van der Waals surface area contributed by atoms with Gasteiger partial charge in [-0.05, 0) is 37.3 Å². The van der Waals surface area contributed by atoms with Gasteiger partial charge >= 0.3 is 0 Å². The third kappa shape index (κ3) is 6.66. The third-order valence-corrected chi connectivity index (χ3v) is 4.40. The van der Waals surface area contributed by atoms with E-state index in [1.807, 2.05) is 44.2 Å². The quantitative estimate of drug-likeness (QED) is 0.459. The van der Waals surface area contributed by atoms with E-state index in [9.17, 15) is 8.42 Å². The molecule has 0 aromatic heterocycles. The molecule has 0 spiro atoms. The number of anilines is 1. The molecule has 0 aliphatic rings. The van der Waals surface area contributed by atoms with Crippen molar-refractivity contribution in [3.8, 4) is 0 Å². The van der Waals surface area contributed by atoms with Gasteiger partial charge in [-0.2, -0.15) is 8.42 Å². The van der Waals surface area contributed by atoms with Crippen molar-refractivity contribution in [1.29, 1.82) is 0 Å². The molecule has 0 amide bonds. The largest absolute Gasteiger partial charge is 0.384 e. The molecule has 0 fully saturated rings. The van der Waals surface area contributed by atoms with Crippen molar-refractivity contribution in [3.05, 3.63) is 35.2 Å². The number of para-hydroxylation sites is 1. The molecule has 6 heteroatoms. The Morgan fingerprint density at radius 2 is 2.11 bits per heavy atom. The number of thioether (sulfide) groups is 1. The second-order valence-electron chi connectivity index (χ2n) is 4.06. The Morgan fingerprint density at radius 1 is 1.42 bits per heavy atom. The van der Waals surface area contributed by atoms with Crippen molar-refractivity contribution >= 4 is 27.6 Å². The van der Waals surface area contributed by atoms with E-state index in [-0.39, 0.29) is 5.75 Å². The van der Waals surface area contributed by atoms with Crippen LogP contribution in [-0.2, 0) is 10.1 Å². The molecule has 0 heterocycles. The molecule has 1 rings (SSSR count). The summed E-state index contributed by atoms with van der Waals surface area (Å²) in [5.74, 6) is -0.219. The predicted molar refractivity (Wildman–Crippen MR) is 81.3 cm³/mol. The van der Waals surface area contributed by atoms with Crippen LogP contribution in [0.3, 0.4) is 0 Å². The zero-order valence-corrected chi connectivity index (χ0v) is 12.7. The molecular formula is C13H19NO3S2. The molecule has 0 aliphatic heterocycles. The molecule has 0 saturated carbocycles. The summed E-state index contributed by atoms with van der Waals surface area (Å²) < 4.78 is 29.9. The Hall–Kier alpha value is -0.980. The second kappa shape index (κ2) is 7.57. The maximum absolute atomic E-state index is 10.6. The number of nitrogens with one attached hydrogen (secondary N) is 1. The lowest BCUT2D eigenvalue weighted by Gasteiger charge is -2.11. The average Bonchev–Trinajstić information content (AvgIpc) is 2.35. The first-order valence-electron chi connectivity index (χ1n) is 6.01. The van der Waals surface area contributed by atoms with E-state index in [1.165, 1.54) is 4.91 Å². The lowest BCUT2D eigenvalue weighted by Crippen LogP contribution is -2.10. The van der Waals surface area contributed by atoms with Crippen LogP contribution in [0.5, 0.6) is 0 Å². The van der Waals surface area contributed by atoms with Gasteiger partial charge in [-0.15, -0.1) is 0 Å². The molecule has 0 aliphatic carbocycles. The summed E-state index contributed by atoms with van der Waals surface area (Å²) in [6.45, 7) is 4.54. The Morgan fingerprint density at radius 3 is 2.74 bits per heavy atom. The van der Waals surface area contributed by atoms with E-state index in [0.717, 1.165) is 10.6 Å². The maximum atomic E-state index is 10.6. The van der Waals surface area contributed by atoms with Gasteiger partial charge in [0.25, 0.3) is 10.1 Å². The molecule has 0 radical (unpaired) electrons. The first kappa shape index (κ1) is 16.1. The summed E-state index contributed by atoms with van der Waals surface area (Å²) in [5, 5.41) is 3.19. The highest BCUT2D eigenvalue weighted by Gasteiger charge is 2.05. The normalized spacial score (nSPS) is 12.5. The van der Waals surface area contributed by atoms with Crippen molar-refractivity contribution in [1.82, 2.24) is 0 Å². The van der Waals surface area contributed by atoms with Gasteiger partial charge in [0.2, 0.25) is 0 Å². The molecule has 19 heavy (non-hydrogen) atoms. The smallest absolute Gasteiger partial charge is 0.264 e. The minimum absolute atomic E-state index is 0.219. The second-order valence-corrected chi connectivity index (χ2v) is 6.92. The minimum atomic E-state index is -3.87. The van der Waals surface area contributed by atoms with Crippen LogP contribution in [0.1, 0.15) is 20.3 Å². The fourth-order valence-corrected chi connectivity index (χ4v) is 2.78. The summed E-state index contributed by atoms with van der Waals surface area (Å²) >= 11 is 1.66. The summed E-state index contributed by atoms with van der Waals surface area (Å²) in [6, 6.07) is 7.87. The van der Waals surface area contributed by atoms with Gasteiger partial charge in [0.05, 0.1) is 5.75 Å². The highest BCUT2D eigenvalue weighted by molar-refractivity contribution is 8.03. The molecular weight excluding hydrogens is 282 g/mol. The standard InChI is InChI=1S/C13H19NO3S2/c1-3-11(2)18-13-8-5-4-7-12(13)14-9-6-10-19(15,16)17/h3-5,7-8,14H,6,9-10H2,1-2H3,(H,15,16,17)/b11-3-. The molecule has 0 bridgehead atoms. The van der Waals surface area contributed by atoms with Crippen molar-refractivity contribution in [3.63, 3.8) is 0 Å². The molecule has 106 valence electrons. The van der Waals surface area contributed by atoms with E-state index < -0.39 is 10.1 Å². The molecule has 1 aromatic carbocycles. The minimum Gasteiger partial charge on any atom is -0.384 e. The number of allylic oxidation sites excluding steroid dienone is 2. The lowest BCUT2D eigenvalue weighted by molar-refractivity contribution is 0.481. The highest BCUT2D eigenvalue weighted by Crippen LogP contribution is 2.32. The fourth-order valence-electron chi connectivity index (χ4n) is 1.41. The zero-order chi connectivity index (χ0) is 14.3. The van der Waals surface area contributed by atoms with Gasteiger partial charge in [0, 0.05) is 17.1 Å². The summed E-state index contributed by atoms with van der Waals surface area (Å²) in [4.78, 5) is 2.30. The van der Waals surface area contributed by atoms with Crippen LogP contribution in [0.25, 0.3) is 0 Å². The van der Waals surface area contributed by atoms with Crippen LogP contribution in [0.15, 0.2) is 40.1 Å². The van der Waals surface area contributed by atoms with Gasteiger partial charge in [-0.1, -0.05) is 30.0 Å². The predicted octanol–water partition coefficient (Wildman–Crippen LogP) is 3.39. The van der Waals surface area contributed by atoms with Crippen LogP contribution in [0.2, 0.25) is 0 Å². The third-order valence-electron chi connectivity index (χ3n) is 2.46. The molecule has 0 atom stereocenters. The average molecular weight is 301 g/mol. The van der Waals surface area contributed by atoms with Gasteiger partial charge in [-0.25, -0.2) is 0 Å². The van der Waals surface area contributed by atoms with Crippen LogP contribution in [-0.4, -0.2) is 25.3 Å².